The van der Waals surface area contributed by atoms with Gasteiger partial charge in [0.2, 0.25) is 0 Å². The fourth-order valence-electron chi connectivity index (χ4n) is 1.83. The Labute approximate surface area is 106 Å². The minimum Gasteiger partial charge on any atom is -0.324 e. The molecule has 17 heavy (non-hydrogen) atoms. The number of nitrogens with two attached hydrogens (primary N) is 1. The lowest BCUT2D eigenvalue weighted by atomic mass is 10.0. The molecule has 0 aliphatic rings. The number of hydrogen-bond donors (Lipinski definition) is 1. The van der Waals surface area contributed by atoms with Crippen molar-refractivity contribution < 1.29 is 0 Å². The van der Waals surface area contributed by atoms with Gasteiger partial charge in [-0.25, -0.2) is 0 Å². The molecule has 2 aromatic rings. The Bertz CT molecular complexity index is 476. The molecule has 1 atom stereocenters. The SMILES string of the molecule is Cn1nccc1CCC(N)c1ccc(Cl)cc1. The van der Waals surface area contributed by atoms with Crippen LogP contribution in [0.5, 0.6) is 0 Å². The average molecular weight is 250 g/mol. The first kappa shape index (κ1) is 12.1. The third-order valence-corrected chi connectivity index (χ3v) is 3.18. The van der Waals surface area contributed by atoms with Crippen molar-refractivity contribution in [2.75, 3.05) is 0 Å². The Balaban J connectivity index is 1.95. The maximum absolute atomic E-state index is 6.14. The van der Waals surface area contributed by atoms with Gasteiger partial charge in [-0.15, -0.1) is 0 Å². The standard InChI is InChI=1S/C13H16ClN3/c1-17-12(8-9-16-17)6-7-13(15)10-2-4-11(14)5-3-10/h2-5,8-9,13H,6-7,15H2,1H3. The number of benzene rings is 1. The molecule has 1 aromatic heterocycles. The number of hydrogen-bond acceptors (Lipinski definition) is 2. The van der Waals surface area contributed by atoms with E-state index in [0.29, 0.717) is 0 Å². The second-order valence-corrected chi connectivity index (χ2v) is 4.58. The maximum Gasteiger partial charge on any atom is 0.0492 e. The molecule has 1 aromatic carbocycles. The molecule has 3 nitrogen and oxygen atoms in total. The monoisotopic (exact) mass is 249 g/mol. The molecule has 0 aliphatic heterocycles. The molecule has 1 heterocycles. The van der Waals surface area contributed by atoms with Gasteiger partial charge in [0.1, 0.15) is 0 Å². The molecule has 0 aliphatic carbocycles. The van der Waals surface area contributed by atoms with Crippen LogP contribution in [0, 0.1) is 0 Å². The van der Waals surface area contributed by atoms with E-state index in [0.717, 1.165) is 23.4 Å². The molecule has 0 saturated carbocycles. The fourth-order valence-corrected chi connectivity index (χ4v) is 1.95. The molecule has 0 amide bonds. The fraction of sp³-hybridized carbons (Fsp3) is 0.308. The van der Waals surface area contributed by atoms with Gasteiger partial charge in [0, 0.05) is 30.0 Å². The van der Waals surface area contributed by atoms with Crippen LogP contribution in [0.2, 0.25) is 5.02 Å². The lowest BCUT2D eigenvalue weighted by Crippen LogP contribution is -2.12. The van der Waals surface area contributed by atoms with Gasteiger partial charge in [0.25, 0.3) is 0 Å². The van der Waals surface area contributed by atoms with Crippen LogP contribution < -0.4 is 5.73 Å². The van der Waals surface area contributed by atoms with Gasteiger partial charge in [0.05, 0.1) is 0 Å². The van der Waals surface area contributed by atoms with Crippen LogP contribution in [0.15, 0.2) is 36.5 Å². The zero-order chi connectivity index (χ0) is 12.3. The van der Waals surface area contributed by atoms with Crippen LogP contribution in [-0.4, -0.2) is 9.78 Å². The predicted octanol–water partition coefficient (Wildman–Crippen LogP) is 2.71. The number of aromatic nitrogens is 2. The van der Waals surface area contributed by atoms with Gasteiger partial charge in [-0.05, 0) is 36.6 Å². The second-order valence-electron chi connectivity index (χ2n) is 4.14. The molecule has 4 heteroatoms. The van der Waals surface area contributed by atoms with Gasteiger partial charge >= 0.3 is 0 Å². The summed E-state index contributed by atoms with van der Waals surface area (Å²) < 4.78 is 1.88. The summed E-state index contributed by atoms with van der Waals surface area (Å²) >= 11 is 5.84. The highest BCUT2D eigenvalue weighted by Crippen LogP contribution is 2.18. The van der Waals surface area contributed by atoms with Crippen LogP contribution in [0.1, 0.15) is 23.7 Å². The maximum atomic E-state index is 6.14. The Kier molecular flexibility index (Phi) is 3.82. The van der Waals surface area contributed by atoms with Crippen molar-refractivity contribution in [1.29, 1.82) is 0 Å². The smallest absolute Gasteiger partial charge is 0.0492 e. The van der Waals surface area contributed by atoms with Gasteiger partial charge in [-0.3, -0.25) is 4.68 Å². The predicted molar refractivity (Wildman–Crippen MR) is 69.9 cm³/mol. The second kappa shape index (κ2) is 5.34. The van der Waals surface area contributed by atoms with Crippen LogP contribution in [0.4, 0.5) is 0 Å². The molecule has 2 N–H and O–H groups in total. The van der Waals surface area contributed by atoms with Gasteiger partial charge in [0.15, 0.2) is 0 Å². The molecule has 1 unspecified atom stereocenters. The van der Waals surface area contributed by atoms with Crippen LogP contribution in [0.3, 0.4) is 0 Å². The molecule has 0 spiro atoms. The van der Waals surface area contributed by atoms with Gasteiger partial charge in [-0.1, -0.05) is 23.7 Å². The molecular formula is C13H16ClN3. The Morgan fingerprint density at radius 1 is 1.29 bits per heavy atom. The van der Waals surface area contributed by atoms with Gasteiger partial charge < -0.3 is 5.73 Å². The minimum atomic E-state index is 0.0437. The lowest BCUT2D eigenvalue weighted by Gasteiger charge is -2.12. The summed E-state index contributed by atoms with van der Waals surface area (Å²) in [5.74, 6) is 0. The van der Waals surface area contributed by atoms with E-state index in [1.165, 1.54) is 5.69 Å². The summed E-state index contributed by atoms with van der Waals surface area (Å²) in [4.78, 5) is 0. The first-order chi connectivity index (χ1) is 8.16. The van der Waals surface area contributed by atoms with Crippen molar-refractivity contribution >= 4 is 11.6 Å². The Morgan fingerprint density at radius 2 is 2.00 bits per heavy atom. The Morgan fingerprint density at radius 3 is 2.59 bits per heavy atom. The summed E-state index contributed by atoms with van der Waals surface area (Å²) in [7, 11) is 1.95. The van der Waals surface area contributed by atoms with E-state index in [1.54, 1.807) is 0 Å². The molecule has 90 valence electrons. The van der Waals surface area contributed by atoms with E-state index in [-0.39, 0.29) is 6.04 Å². The van der Waals surface area contributed by atoms with Crippen molar-refractivity contribution in [2.45, 2.75) is 18.9 Å². The lowest BCUT2D eigenvalue weighted by molar-refractivity contribution is 0.614. The summed E-state index contributed by atoms with van der Waals surface area (Å²) in [5, 5.41) is 4.88. The van der Waals surface area contributed by atoms with E-state index < -0.39 is 0 Å². The van der Waals surface area contributed by atoms with Crippen LogP contribution >= 0.6 is 11.6 Å². The van der Waals surface area contributed by atoms with E-state index >= 15 is 0 Å². The zero-order valence-electron chi connectivity index (χ0n) is 9.81. The first-order valence-corrected chi connectivity index (χ1v) is 6.02. The van der Waals surface area contributed by atoms with E-state index in [1.807, 2.05) is 48.3 Å². The molecule has 0 saturated heterocycles. The van der Waals surface area contributed by atoms with Crippen molar-refractivity contribution in [3.63, 3.8) is 0 Å². The van der Waals surface area contributed by atoms with Crippen LogP contribution in [0.25, 0.3) is 0 Å². The van der Waals surface area contributed by atoms with Crippen molar-refractivity contribution in [1.82, 2.24) is 9.78 Å². The van der Waals surface area contributed by atoms with Crippen LogP contribution in [-0.2, 0) is 13.5 Å². The summed E-state index contributed by atoms with van der Waals surface area (Å²) in [6.45, 7) is 0. The largest absolute Gasteiger partial charge is 0.324 e. The van der Waals surface area contributed by atoms with Crippen molar-refractivity contribution in [3.05, 3.63) is 52.8 Å². The van der Waals surface area contributed by atoms with E-state index in [9.17, 15) is 0 Å². The summed E-state index contributed by atoms with van der Waals surface area (Å²) in [5.41, 5.74) is 8.46. The number of halogens is 1. The van der Waals surface area contributed by atoms with E-state index in [4.69, 9.17) is 17.3 Å². The Hall–Kier alpha value is -1.32. The molecule has 0 bridgehead atoms. The quantitative estimate of drug-likeness (QED) is 0.906. The highest BCUT2D eigenvalue weighted by molar-refractivity contribution is 6.30. The van der Waals surface area contributed by atoms with E-state index in [2.05, 4.69) is 5.10 Å². The van der Waals surface area contributed by atoms with Crippen molar-refractivity contribution in [2.24, 2.45) is 12.8 Å². The molecule has 2 rings (SSSR count). The summed E-state index contributed by atoms with van der Waals surface area (Å²) in [6, 6.07) is 9.78. The number of rotatable bonds is 4. The normalized spacial score (nSPS) is 12.6. The third-order valence-electron chi connectivity index (χ3n) is 2.93. The highest BCUT2D eigenvalue weighted by Gasteiger charge is 2.07. The molecular weight excluding hydrogens is 234 g/mol. The molecule has 0 fully saturated rings. The zero-order valence-corrected chi connectivity index (χ0v) is 10.6. The third kappa shape index (κ3) is 3.08. The molecule has 0 radical (unpaired) electrons. The first-order valence-electron chi connectivity index (χ1n) is 5.65. The number of nitrogens with zero attached hydrogens (tertiary/aromatic N) is 2. The number of aryl methyl sites for hydroxylation is 2. The highest BCUT2D eigenvalue weighted by atomic mass is 35.5. The summed E-state index contributed by atoms with van der Waals surface area (Å²) in [6.07, 6.45) is 3.64. The van der Waals surface area contributed by atoms with Crippen molar-refractivity contribution in [3.8, 4) is 0 Å². The van der Waals surface area contributed by atoms with Gasteiger partial charge in [-0.2, -0.15) is 5.10 Å². The minimum absolute atomic E-state index is 0.0437. The average Bonchev–Trinajstić information content (AvgIpc) is 2.73. The topological polar surface area (TPSA) is 43.8 Å².